The molecule has 0 saturated carbocycles. The molecule has 0 fully saturated rings. The van der Waals surface area contributed by atoms with Crippen LogP contribution < -0.4 is 9.62 Å². The molecule has 0 radical (unpaired) electrons. The SMILES string of the molecule is CC[C@@H](C)NC(=O)[C@@H](Cc1ccccc1)N(Cc1cccc(Cl)c1)C(=O)CN(c1ccccc1C)S(=O)(=O)c1ccc(C)cc1. The van der Waals surface area contributed by atoms with Gasteiger partial charge >= 0.3 is 0 Å². The van der Waals surface area contributed by atoms with Crippen molar-refractivity contribution in [1.29, 1.82) is 0 Å². The number of nitrogens with zero attached hydrogens (tertiary/aromatic N) is 2. The first-order chi connectivity index (χ1) is 21.5. The van der Waals surface area contributed by atoms with Crippen molar-refractivity contribution in [2.75, 3.05) is 10.8 Å². The van der Waals surface area contributed by atoms with Crippen LogP contribution in [0.15, 0.2) is 108 Å². The molecule has 0 bridgehead atoms. The third kappa shape index (κ3) is 8.74. The zero-order valence-corrected chi connectivity index (χ0v) is 27.7. The van der Waals surface area contributed by atoms with E-state index in [9.17, 15) is 18.0 Å². The van der Waals surface area contributed by atoms with E-state index in [1.54, 1.807) is 67.6 Å². The molecule has 45 heavy (non-hydrogen) atoms. The van der Waals surface area contributed by atoms with E-state index in [1.165, 1.54) is 4.90 Å². The molecule has 0 spiro atoms. The predicted octanol–water partition coefficient (Wildman–Crippen LogP) is 6.71. The molecule has 0 saturated heterocycles. The van der Waals surface area contributed by atoms with E-state index in [2.05, 4.69) is 5.32 Å². The van der Waals surface area contributed by atoms with Crippen LogP contribution in [0, 0.1) is 13.8 Å². The quantitative estimate of drug-likeness (QED) is 0.175. The fourth-order valence-corrected chi connectivity index (χ4v) is 6.71. The van der Waals surface area contributed by atoms with Gasteiger partial charge in [0.15, 0.2) is 0 Å². The van der Waals surface area contributed by atoms with Crippen LogP contribution in [0.3, 0.4) is 0 Å². The standard InChI is InChI=1S/C36H40ClN3O4S/c1-5-28(4)38-36(42)34(23-29-13-7-6-8-14-29)39(24-30-15-11-16-31(37)22-30)35(41)25-40(33-17-10-9-12-27(33)3)45(43,44)32-20-18-26(2)19-21-32/h6-22,28,34H,5,23-25H2,1-4H3,(H,38,42)/t28-,34-/m1/s1. The van der Waals surface area contributed by atoms with Gasteiger partial charge in [0.2, 0.25) is 11.8 Å². The highest BCUT2D eigenvalue weighted by Crippen LogP contribution is 2.28. The molecule has 0 aromatic heterocycles. The second kappa shape index (κ2) is 15.2. The average Bonchev–Trinajstić information content (AvgIpc) is 3.02. The molecule has 2 amide bonds. The van der Waals surface area contributed by atoms with Crippen molar-refractivity contribution in [3.05, 3.63) is 130 Å². The van der Waals surface area contributed by atoms with Crippen molar-refractivity contribution >= 4 is 39.1 Å². The Kier molecular flexibility index (Phi) is 11.4. The lowest BCUT2D eigenvalue weighted by atomic mass is 10.0. The molecule has 0 aliphatic rings. The lowest BCUT2D eigenvalue weighted by Gasteiger charge is -2.34. The number of rotatable bonds is 13. The number of carbonyl (C=O) groups is 2. The summed E-state index contributed by atoms with van der Waals surface area (Å²) < 4.78 is 29.5. The molecular weight excluding hydrogens is 606 g/mol. The minimum Gasteiger partial charge on any atom is -0.352 e. The summed E-state index contributed by atoms with van der Waals surface area (Å²) in [5.74, 6) is -0.832. The molecule has 2 atom stereocenters. The Labute approximate surface area is 271 Å². The Morgan fingerprint density at radius 2 is 1.49 bits per heavy atom. The van der Waals surface area contributed by atoms with Crippen molar-refractivity contribution in [1.82, 2.24) is 10.2 Å². The topological polar surface area (TPSA) is 86.8 Å². The van der Waals surface area contributed by atoms with Gasteiger partial charge in [0, 0.05) is 24.0 Å². The maximum Gasteiger partial charge on any atom is 0.264 e. The van der Waals surface area contributed by atoms with Gasteiger partial charge in [-0.25, -0.2) is 8.42 Å². The van der Waals surface area contributed by atoms with Crippen LogP contribution in [0.1, 0.15) is 42.5 Å². The molecule has 9 heteroatoms. The van der Waals surface area contributed by atoms with Gasteiger partial charge in [-0.15, -0.1) is 0 Å². The lowest BCUT2D eigenvalue weighted by Crippen LogP contribution is -2.54. The van der Waals surface area contributed by atoms with E-state index in [0.29, 0.717) is 28.3 Å². The van der Waals surface area contributed by atoms with Crippen LogP contribution in [-0.2, 0) is 32.6 Å². The summed E-state index contributed by atoms with van der Waals surface area (Å²) in [5.41, 5.74) is 3.58. The fraction of sp³-hybridized carbons (Fsp3) is 0.278. The Bertz CT molecular complexity index is 1710. The molecule has 0 unspecified atom stereocenters. The van der Waals surface area contributed by atoms with Crippen LogP contribution in [-0.4, -0.2) is 43.8 Å². The summed E-state index contributed by atoms with van der Waals surface area (Å²) in [6, 6.07) is 29.1. The minimum atomic E-state index is -4.17. The van der Waals surface area contributed by atoms with Gasteiger partial charge in [0.25, 0.3) is 10.0 Å². The summed E-state index contributed by atoms with van der Waals surface area (Å²) in [4.78, 5) is 30.0. The first kappa shape index (κ1) is 33.7. The predicted molar refractivity (Wildman–Crippen MR) is 181 cm³/mol. The van der Waals surface area contributed by atoms with Crippen LogP contribution >= 0.6 is 11.6 Å². The molecule has 0 heterocycles. The molecule has 1 N–H and O–H groups in total. The molecule has 0 aliphatic heterocycles. The first-order valence-electron chi connectivity index (χ1n) is 15.0. The fourth-order valence-electron chi connectivity index (χ4n) is 5.02. The Morgan fingerprint density at radius 3 is 2.13 bits per heavy atom. The largest absolute Gasteiger partial charge is 0.352 e. The first-order valence-corrected chi connectivity index (χ1v) is 16.8. The van der Waals surface area contributed by atoms with Gasteiger partial charge in [-0.05, 0) is 74.2 Å². The zero-order chi connectivity index (χ0) is 32.6. The van der Waals surface area contributed by atoms with E-state index >= 15 is 0 Å². The molecule has 4 rings (SSSR count). The number of para-hydroxylation sites is 1. The third-order valence-corrected chi connectivity index (χ3v) is 9.80. The highest BCUT2D eigenvalue weighted by atomic mass is 35.5. The lowest BCUT2D eigenvalue weighted by molar-refractivity contribution is -0.140. The van der Waals surface area contributed by atoms with Gasteiger partial charge in [-0.1, -0.05) is 96.9 Å². The maximum atomic E-state index is 14.6. The number of hydrogen-bond acceptors (Lipinski definition) is 4. The van der Waals surface area contributed by atoms with E-state index in [4.69, 9.17) is 11.6 Å². The number of anilines is 1. The van der Waals surface area contributed by atoms with Crippen molar-refractivity contribution in [3.8, 4) is 0 Å². The van der Waals surface area contributed by atoms with E-state index in [1.807, 2.05) is 63.2 Å². The van der Waals surface area contributed by atoms with Crippen molar-refractivity contribution in [2.24, 2.45) is 0 Å². The number of hydrogen-bond donors (Lipinski definition) is 1. The molecule has 7 nitrogen and oxygen atoms in total. The molecular formula is C36H40ClN3O4S. The van der Waals surface area contributed by atoms with Crippen molar-refractivity contribution < 1.29 is 18.0 Å². The summed E-state index contributed by atoms with van der Waals surface area (Å²) in [6.45, 7) is 7.11. The second-order valence-electron chi connectivity index (χ2n) is 11.3. The summed E-state index contributed by atoms with van der Waals surface area (Å²) >= 11 is 6.32. The molecule has 4 aromatic carbocycles. The second-order valence-corrected chi connectivity index (χ2v) is 13.6. The van der Waals surface area contributed by atoms with Crippen LogP contribution in [0.2, 0.25) is 5.02 Å². The normalized spacial score (nSPS) is 12.6. The Hall–Kier alpha value is -4.14. The van der Waals surface area contributed by atoms with Crippen molar-refractivity contribution in [2.45, 2.75) is 64.1 Å². The van der Waals surface area contributed by atoms with Gasteiger partial charge < -0.3 is 10.2 Å². The van der Waals surface area contributed by atoms with Gasteiger partial charge in [-0.2, -0.15) is 0 Å². The highest BCUT2D eigenvalue weighted by Gasteiger charge is 2.35. The van der Waals surface area contributed by atoms with E-state index in [0.717, 1.165) is 15.4 Å². The molecule has 4 aromatic rings. The van der Waals surface area contributed by atoms with Crippen LogP contribution in [0.4, 0.5) is 5.69 Å². The summed E-state index contributed by atoms with van der Waals surface area (Å²) in [7, 11) is -4.17. The number of nitrogens with one attached hydrogen (secondary N) is 1. The number of carbonyl (C=O) groups excluding carboxylic acids is 2. The monoisotopic (exact) mass is 645 g/mol. The van der Waals surface area contributed by atoms with Gasteiger partial charge in [-0.3, -0.25) is 13.9 Å². The van der Waals surface area contributed by atoms with E-state index in [-0.39, 0.29) is 29.8 Å². The number of sulfonamides is 1. The number of aryl methyl sites for hydroxylation is 2. The van der Waals surface area contributed by atoms with Gasteiger partial charge in [0.05, 0.1) is 10.6 Å². The third-order valence-electron chi connectivity index (χ3n) is 7.79. The number of benzene rings is 4. The average molecular weight is 646 g/mol. The van der Waals surface area contributed by atoms with Gasteiger partial charge in [0.1, 0.15) is 12.6 Å². The van der Waals surface area contributed by atoms with Crippen molar-refractivity contribution in [3.63, 3.8) is 0 Å². The Balaban J connectivity index is 1.82. The summed E-state index contributed by atoms with van der Waals surface area (Å²) in [6.07, 6.45) is 0.951. The Morgan fingerprint density at radius 1 is 0.844 bits per heavy atom. The maximum absolute atomic E-state index is 14.6. The smallest absolute Gasteiger partial charge is 0.264 e. The minimum absolute atomic E-state index is 0.0526. The molecule has 0 aliphatic carbocycles. The highest BCUT2D eigenvalue weighted by molar-refractivity contribution is 7.92. The van der Waals surface area contributed by atoms with Crippen LogP contribution in [0.5, 0.6) is 0 Å². The number of halogens is 1. The number of amides is 2. The summed E-state index contributed by atoms with van der Waals surface area (Å²) in [5, 5.41) is 3.54. The zero-order valence-electron chi connectivity index (χ0n) is 26.1. The van der Waals surface area contributed by atoms with E-state index < -0.39 is 28.5 Å². The van der Waals surface area contributed by atoms with Crippen LogP contribution in [0.25, 0.3) is 0 Å². The molecule has 236 valence electrons.